The van der Waals surface area contributed by atoms with Crippen molar-refractivity contribution >= 4 is 23.1 Å². The molecule has 2 aromatic carbocycles. The highest BCUT2D eigenvalue weighted by Crippen LogP contribution is 2.29. The van der Waals surface area contributed by atoms with Gasteiger partial charge in [-0.05, 0) is 36.4 Å². The number of para-hydroxylation sites is 1. The lowest BCUT2D eigenvalue weighted by Gasteiger charge is -2.12. The minimum Gasteiger partial charge on any atom is -0.497 e. The fourth-order valence-electron chi connectivity index (χ4n) is 2.53. The Hall–Kier alpha value is -4.05. The van der Waals surface area contributed by atoms with E-state index in [9.17, 15) is 4.79 Å². The first kappa shape index (κ1) is 18.7. The van der Waals surface area contributed by atoms with Gasteiger partial charge in [0.15, 0.2) is 0 Å². The second kappa shape index (κ2) is 8.56. The van der Waals surface area contributed by atoms with Crippen LogP contribution in [0, 0.1) is 11.3 Å². The maximum Gasteiger partial charge on any atom is 0.257 e. The third-order valence-electron chi connectivity index (χ3n) is 3.99. The average molecular weight is 374 g/mol. The molecule has 0 aliphatic heterocycles. The lowest BCUT2D eigenvalue weighted by molar-refractivity contribution is 0.102. The van der Waals surface area contributed by atoms with Crippen molar-refractivity contribution in [3.05, 3.63) is 71.9 Å². The highest BCUT2D eigenvalue weighted by atomic mass is 16.5. The SMILES string of the molecule is COc1ccc(NC(=O)c2ccc(Nc3ccccc3C#N)nc2)c(OC)c1. The lowest BCUT2D eigenvalue weighted by atomic mass is 10.2. The fourth-order valence-corrected chi connectivity index (χ4v) is 2.53. The number of hydrogen-bond donors (Lipinski definition) is 2. The zero-order valence-electron chi connectivity index (χ0n) is 15.4. The maximum absolute atomic E-state index is 12.5. The van der Waals surface area contributed by atoms with E-state index >= 15 is 0 Å². The molecule has 0 aliphatic carbocycles. The summed E-state index contributed by atoms with van der Waals surface area (Å²) in [5.74, 6) is 1.33. The van der Waals surface area contributed by atoms with Crippen molar-refractivity contribution in [2.75, 3.05) is 24.9 Å². The molecule has 0 saturated heterocycles. The first-order chi connectivity index (χ1) is 13.6. The molecule has 140 valence electrons. The summed E-state index contributed by atoms with van der Waals surface area (Å²) in [6.45, 7) is 0. The third kappa shape index (κ3) is 4.19. The summed E-state index contributed by atoms with van der Waals surface area (Å²) in [5.41, 5.74) is 2.07. The van der Waals surface area contributed by atoms with Crippen molar-refractivity contribution in [2.24, 2.45) is 0 Å². The molecule has 0 fully saturated rings. The molecule has 0 unspecified atom stereocenters. The van der Waals surface area contributed by atoms with Gasteiger partial charge >= 0.3 is 0 Å². The van der Waals surface area contributed by atoms with Crippen molar-refractivity contribution in [1.29, 1.82) is 5.26 Å². The number of methoxy groups -OCH3 is 2. The van der Waals surface area contributed by atoms with E-state index in [0.29, 0.717) is 39.8 Å². The predicted octanol–water partition coefficient (Wildman–Crippen LogP) is 3.97. The molecule has 7 heteroatoms. The van der Waals surface area contributed by atoms with Gasteiger partial charge in [0.2, 0.25) is 0 Å². The smallest absolute Gasteiger partial charge is 0.257 e. The van der Waals surface area contributed by atoms with Crippen LogP contribution in [0.25, 0.3) is 0 Å². The number of anilines is 3. The Balaban J connectivity index is 1.73. The second-order valence-corrected chi connectivity index (χ2v) is 5.73. The molecule has 1 aromatic heterocycles. The molecule has 0 atom stereocenters. The number of hydrogen-bond acceptors (Lipinski definition) is 6. The molecular formula is C21H18N4O3. The van der Waals surface area contributed by atoms with Crippen molar-refractivity contribution in [3.63, 3.8) is 0 Å². The highest BCUT2D eigenvalue weighted by Gasteiger charge is 2.12. The maximum atomic E-state index is 12.5. The highest BCUT2D eigenvalue weighted by molar-refractivity contribution is 6.05. The number of carbonyl (C=O) groups is 1. The summed E-state index contributed by atoms with van der Waals surface area (Å²) in [7, 11) is 3.08. The van der Waals surface area contributed by atoms with Crippen LogP contribution in [0.3, 0.4) is 0 Å². The van der Waals surface area contributed by atoms with Crippen LogP contribution in [-0.4, -0.2) is 25.1 Å². The van der Waals surface area contributed by atoms with Gasteiger partial charge in [0.1, 0.15) is 23.4 Å². The van der Waals surface area contributed by atoms with E-state index < -0.39 is 0 Å². The summed E-state index contributed by atoms with van der Waals surface area (Å²) in [6.07, 6.45) is 1.46. The number of nitrogens with zero attached hydrogens (tertiary/aromatic N) is 2. The van der Waals surface area contributed by atoms with E-state index in [1.54, 1.807) is 55.6 Å². The van der Waals surface area contributed by atoms with E-state index in [-0.39, 0.29) is 5.91 Å². The number of aromatic nitrogens is 1. The lowest BCUT2D eigenvalue weighted by Crippen LogP contribution is -2.13. The molecular weight excluding hydrogens is 356 g/mol. The van der Waals surface area contributed by atoms with Gasteiger partial charge in [0, 0.05) is 12.3 Å². The first-order valence-electron chi connectivity index (χ1n) is 8.40. The Morgan fingerprint density at radius 2 is 1.86 bits per heavy atom. The van der Waals surface area contributed by atoms with Crippen molar-refractivity contribution in [2.45, 2.75) is 0 Å². The van der Waals surface area contributed by atoms with Gasteiger partial charge in [-0.1, -0.05) is 12.1 Å². The van der Waals surface area contributed by atoms with Crippen LogP contribution in [-0.2, 0) is 0 Å². The topological polar surface area (TPSA) is 96.3 Å². The minimum atomic E-state index is -0.319. The molecule has 0 aliphatic rings. The fraction of sp³-hybridized carbons (Fsp3) is 0.0952. The number of carbonyl (C=O) groups excluding carboxylic acids is 1. The molecule has 3 rings (SSSR count). The van der Waals surface area contributed by atoms with Crippen LogP contribution in [0.2, 0.25) is 0 Å². The molecule has 1 amide bonds. The van der Waals surface area contributed by atoms with Gasteiger partial charge in [0.25, 0.3) is 5.91 Å². The monoisotopic (exact) mass is 374 g/mol. The summed E-state index contributed by atoms with van der Waals surface area (Å²) in [5, 5.41) is 15.0. The van der Waals surface area contributed by atoms with Gasteiger partial charge in [-0.3, -0.25) is 4.79 Å². The summed E-state index contributed by atoms with van der Waals surface area (Å²) < 4.78 is 10.4. The number of benzene rings is 2. The van der Waals surface area contributed by atoms with Crippen LogP contribution in [0.5, 0.6) is 11.5 Å². The van der Waals surface area contributed by atoms with Crippen LogP contribution in [0.1, 0.15) is 15.9 Å². The van der Waals surface area contributed by atoms with Gasteiger partial charge < -0.3 is 20.1 Å². The molecule has 0 radical (unpaired) electrons. The average Bonchev–Trinajstić information content (AvgIpc) is 2.74. The largest absolute Gasteiger partial charge is 0.497 e. The Morgan fingerprint density at radius 3 is 2.54 bits per heavy atom. The molecule has 1 heterocycles. The Kier molecular flexibility index (Phi) is 5.72. The molecule has 28 heavy (non-hydrogen) atoms. The summed E-state index contributed by atoms with van der Waals surface area (Å²) in [6, 6.07) is 17.7. The third-order valence-corrected chi connectivity index (χ3v) is 3.99. The summed E-state index contributed by atoms with van der Waals surface area (Å²) in [4.78, 5) is 16.8. The molecule has 0 bridgehead atoms. The van der Waals surface area contributed by atoms with Gasteiger partial charge in [-0.2, -0.15) is 5.26 Å². The Bertz CT molecular complexity index is 1030. The molecule has 7 nitrogen and oxygen atoms in total. The predicted molar refractivity (Wildman–Crippen MR) is 106 cm³/mol. The van der Waals surface area contributed by atoms with Crippen molar-refractivity contribution in [3.8, 4) is 17.6 Å². The molecule has 0 saturated carbocycles. The Morgan fingerprint density at radius 1 is 1.04 bits per heavy atom. The summed E-state index contributed by atoms with van der Waals surface area (Å²) >= 11 is 0. The Labute approximate surface area is 162 Å². The van der Waals surface area contributed by atoms with E-state index in [1.807, 2.05) is 6.07 Å². The number of nitrogens with one attached hydrogen (secondary N) is 2. The van der Waals surface area contributed by atoms with Crippen LogP contribution >= 0.6 is 0 Å². The second-order valence-electron chi connectivity index (χ2n) is 5.73. The van der Waals surface area contributed by atoms with Crippen LogP contribution in [0.4, 0.5) is 17.2 Å². The quantitative estimate of drug-likeness (QED) is 0.678. The number of ether oxygens (including phenoxy) is 2. The standard InChI is InChI=1S/C21H18N4O3/c1-27-16-8-9-18(19(11-16)28-2)25-21(26)15-7-10-20(23-13-15)24-17-6-4-3-5-14(17)12-22/h3-11,13H,1-2H3,(H,23,24)(H,25,26). The number of pyridine rings is 1. The zero-order valence-corrected chi connectivity index (χ0v) is 15.4. The van der Waals surface area contributed by atoms with E-state index in [4.69, 9.17) is 14.7 Å². The molecule has 3 aromatic rings. The molecule has 2 N–H and O–H groups in total. The number of nitriles is 1. The van der Waals surface area contributed by atoms with Crippen LogP contribution < -0.4 is 20.1 Å². The number of amides is 1. The van der Waals surface area contributed by atoms with Gasteiger partial charge in [0.05, 0.1) is 36.7 Å². The van der Waals surface area contributed by atoms with Gasteiger partial charge in [-0.25, -0.2) is 4.98 Å². The first-order valence-corrected chi connectivity index (χ1v) is 8.40. The minimum absolute atomic E-state index is 0.319. The normalized spacial score (nSPS) is 9.89. The van der Waals surface area contributed by atoms with Gasteiger partial charge in [-0.15, -0.1) is 0 Å². The zero-order chi connectivity index (χ0) is 19.9. The number of rotatable bonds is 6. The van der Waals surface area contributed by atoms with E-state index in [2.05, 4.69) is 21.7 Å². The molecule has 0 spiro atoms. The van der Waals surface area contributed by atoms with Crippen LogP contribution in [0.15, 0.2) is 60.8 Å². The van der Waals surface area contributed by atoms with E-state index in [1.165, 1.54) is 13.3 Å². The van der Waals surface area contributed by atoms with E-state index in [0.717, 1.165) is 0 Å². The van der Waals surface area contributed by atoms with Crippen molar-refractivity contribution < 1.29 is 14.3 Å². The van der Waals surface area contributed by atoms with Crippen molar-refractivity contribution in [1.82, 2.24) is 4.98 Å².